The van der Waals surface area contributed by atoms with Gasteiger partial charge < -0.3 is 20.1 Å². The van der Waals surface area contributed by atoms with Crippen LogP contribution in [0, 0.1) is 0 Å². The number of benzene rings is 2. The highest BCUT2D eigenvalue weighted by Crippen LogP contribution is 2.17. The van der Waals surface area contributed by atoms with Crippen LogP contribution in [0.1, 0.15) is 10.4 Å². The minimum Gasteiger partial charge on any atom is -0.497 e. The Labute approximate surface area is 134 Å². The molecule has 0 aliphatic rings. The quantitative estimate of drug-likeness (QED) is 0.856. The maximum atomic E-state index is 11.9. The molecule has 0 spiro atoms. The van der Waals surface area contributed by atoms with Crippen molar-refractivity contribution in [2.45, 2.75) is 0 Å². The Kier molecular flexibility index (Phi) is 5.57. The molecule has 2 amide bonds. The first-order valence-corrected chi connectivity index (χ1v) is 7.01. The minimum absolute atomic E-state index is 0.128. The maximum absolute atomic E-state index is 11.9. The lowest BCUT2D eigenvalue weighted by Crippen LogP contribution is -2.21. The van der Waals surface area contributed by atoms with Crippen LogP contribution in [0.2, 0.25) is 0 Å². The number of nitrogens with one attached hydrogen (secondary N) is 2. The second-order valence-corrected chi connectivity index (χ2v) is 4.67. The number of amides is 2. The third kappa shape index (κ3) is 4.74. The van der Waals surface area contributed by atoms with Crippen molar-refractivity contribution in [3.8, 4) is 11.5 Å². The van der Waals surface area contributed by atoms with Crippen molar-refractivity contribution >= 4 is 17.5 Å². The first kappa shape index (κ1) is 16.4. The molecule has 0 unspecified atom stereocenters. The molecule has 0 aromatic heterocycles. The van der Waals surface area contributed by atoms with E-state index in [1.165, 1.54) is 0 Å². The summed E-state index contributed by atoms with van der Waals surface area (Å²) in [7, 11) is 3.13. The zero-order valence-corrected chi connectivity index (χ0v) is 13.0. The fraction of sp³-hybridized carbons (Fsp3) is 0.176. The second-order valence-electron chi connectivity index (χ2n) is 4.67. The van der Waals surface area contributed by atoms with Gasteiger partial charge in [0, 0.05) is 18.3 Å². The summed E-state index contributed by atoms with van der Waals surface area (Å²) in [6, 6.07) is 13.6. The third-order valence-electron chi connectivity index (χ3n) is 3.06. The van der Waals surface area contributed by atoms with Gasteiger partial charge in [-0.15, -0.1) is 0 Å². The SMILES string of the molecule is CNC(=O)c1cccc(NC(=O)COc2ccc(OC)cc2)c1. The molecule has 0 aliphatic heterocycles. The first-order valence-electron chi connectivity index (χ1n) is 7.01. The lowest BCUT2D eigenvalue weighted by molar-refractivity contribution is -0.118. The molecule has 0 fully saturated rings. The van der Waals surface area contributed by atoms with E-state index in [9.17, 15) is 9.59 Å². The molecule has 2 rings (SSSR count). The molecule has 120 valence electrons. The van der Waals surface area contributed by atoms with E-state index in [1.807, 2.05) is 0 Å². The van der Waals surface area contributed by atoms with Crippen LogP contribution in [-0.2, 0) is 4.79 Å². The number of carbonyl (C=O) groups is 2. The van der Waals surface area contributed by atoms with Gasteiger partial charge in [0.15, 0.2) is 6.61 Å². The molecule has 0 saturated heterocycles. The van der Waals surface area contributed by atoms with Gasteiger partial charge in [-0.1, -0.05) is 6.07 Å². The molecule has 0 aliphatic carbocycles. The number of ether oxygens (including phenoxy) is 2. The topological polar surface area (TPSA) is 76.7 Å². The highest BCUT2D eigenvalue weighted by Gasteiger charge is 2.07. The third-order valence-corrected chi connectivity index (χ3v) is 3.06. The van der Waals surface area contributed by atoms with Gasteiger partial charge in [-0.3, -0.25) is 9.59 Å². The molecule has 6 heteroatoms. The van der Waals surface area contributed by atoms with Crippen LogP contribution < -0.4 is 20.1 Å². The normalized spacial score (nSPS) is 9.83. The molecular weight excluding hydrogens is 296 g/mol. The number of hydrogen-bond acceptors (Lipinski definition) is 4. The Bertz CT molecular complexity index is 683. The summed E-state index contributed by atoms with van der Waals surface area (Å²) in [5.41, 5.74) is 1.01. The van der Waals surface area contributed by atoms with Crippen molar-refractivity contribution in [2.24, 2.45) is 0 Å². The van der Waals surface area contributed by atoms with Crippen LogP contribution in [0.25, 0.3) is 0 Å². The lowest BCUT2D eigenvalue weighted by Gasteiger charge is -2.09. The van der Waals surface area contributed by atoms with Crippen molar-refractivity contribution in [1.29, 1.82) is 0 Å². The van der Waals surface area contributed by atoms with Crippen LogP contribution in [0.5, 0.6) is 11.5 Å². The summed E-state index contributed by atoms with van der Waals surface area (Å²) in [6.45, 7) is -0.128. The molecular formula is C17H18N2O4. The van der Waals surface area contributed by atoms with E-state index in [0.29, 0.717) is 22.7 Å². The zero-order chi connectivity index (χ0) is 16.7. The number of anilines is 1. The Morgan fingerprint density at radius 1 is 1.04 bits per heavy atom. The van der Waals surface area contributed by atoms with Crippen molar-refractivity contribution in [3.05, 3.63) is 54.1 Å². The van der Waals surface area contributed by atoms with Crippen molar-refractivity contribution in [1.82, 2.24) is 5.32 Å². The van der Waals surface area contributed by atoms with Gasteiger partial charge in [0.1, 0.15) is 11.5 Å². The van der Waals surface area contributed by atoms with Crippen molar-refractivity contribution in [3.63, 3.8) is 0 Å². The van der Waals surface area contributed by atoms with Gasteiger partial charge >= 0.3 is 0 Å². The van der Waals surface area contributed by atoms with Crippen LogP contribution in [0.4, 0.5) is 5.69 Å². The van der Waals surface area contributed by atoms with E-state index in [2.05, 4.69) is 10.6 Å². The van der Waals surface area contributed by atoms with Crippen LogP contribution in [-0.4, -0.2) is 32.6 Å². The van der Waals surface area contributed by atoms with Crippen LogP contribution in [0.15, 0.2) is 48.5 Å². The summed E-state index contributed by atoms with van der Waals surface area (Å²) in [5.74, 6) is 0.762. The zero-order valence-electron chi connectivity index (χ0n) is 13.0. The number of hydrogen-bond donors (Lipinski definition) is 2. The molecule has 0 atom stereocenters. The van der Waals surface area contributed by atoms with Gasteiger partial charge in [-0.2, -0.15) is 0 Å². The molecule has 2 aromatic carbocycles. The summed E-state index contributed by atoms with van der Waals surface area (Å²) < 4.78 is 10.4. The highest BCUT2D eigenvalue weighted by atomic mass is 16.5. The number of rotatable bonds is 6. The van der Waals surface area contributed by atoms with Gasteiger partial charge in [-0.05, 0) is 42.5 Å². The average molecular weight is 314 g/mol. The second kappa shape index (κ2) is 7.84. The average Bonchev–Trinajstić information content (AvgIpc) is 2.60. The summed E-state index contributed by atoms with van der Waals surface area (Å²) >= 11 is 0. The Balaban J connectivity index is 1.90. The van der Waals surface area contributed by atoms with Crippen molar-refractivity contribution in [2.75, 3.05) is 26.1 Å². The first-order chi connectivity index (χ1) is 11.1. The van der Waals surface area contributed by atoms with E-state index in [4.69, 9.17) is 9.47 Å². The van der Waals surface area contributed by atoms with E-state index in [1.54, 1.807) is 62.7 Å². The highest BCUT2D eigenvalue weighted by molar-refractivity contribution is 5.97. The predicted octanol–water partition coefficient (Wildman–Crippen LogP) is 2.07. The molecule has 23 heavy (non-hydrogen) atoms. The summed E-state index contributed by atoms with van der Waals surface area (Å²) in [6.07, 6.45) is 0. The fourth-order valence-electron chi connectivity index (χ4n) is 1.90. The number of carbonyl (C=O) groups excluding carboxylic acids is 2. The standard InChI is InChI=1S/C17H18N2O4/c1-18-17(21)12-4-3-5-13(10-12)19-16(20)11-23-15-8-6-14(22-2)7-9-15/h3-10H,11H2,1-2H3,(H,18,21)(H,19,20). The predicted molar refractivity (Wildman–Crippen MR) is 87.0 cm³/mol. The van der Waals surface area contributed by atoms with Crippen LogP contribution >= 0.6 is 0 Å². The Hall–Kier alpha value is -3.02. The monoisotopic (exact) mass is 314 g/mol. The molecule has 0 saturated carbocycles. The van der Waals surface area contributed by atoms with Gasteiger partial charge in [0.25, 0.3) is 11.8 Å². The van der Waals surface area contributed by atoms with E-state index in [0.717, 1.165) is 0 Å². The minimum atomic E-state index is -0.310. The van der Waals surface area contributed by atoms with Gasteiger partial charge in [0.05, 0.1) is 7.11 Å². The molecule has 6 nitrogen and oxygen atoms in total. The largest absolute Gasteiger partial charge is 0.497 e. The Morgan fingerprint density at radius 2 is 1.74 bits per heavy atom. The van der Waals surface area contributed by atoms with Crippen LogP contribution in [0.3, 0.4) is 0 Å². The fourth-order valence-corrected chi connectivity index (χ4v) is 1.90. The lowest BCUT2D eigenvalue weighted by atomic mass is 10.2. The molecule has 0 radical (unpaired) electrons. The molecule has 2 aromatic rings. The van der Waals surface area contributed by atoms with Gasteiger partial charge in [-0.25, -0.2) is 0 Å². The molecule has 0 bridgehead atoms. The van der Waals surface area contributed by atoms with E-state index < -0.39 is 0 Å². The number of methoxy groups -OCH3 is 1. The Morgan fingerprint density at radius 3 is 2.39 bits per heavy atom. The summed E-state index contributed by atoms with van der Waals surface area (Å²) in [4.78, 5) is 23.5. The van der Waals surface area contributed by atoms with E-state index in [-0.39, 0.29) is 18.4 Å². The van der Waals surface area contributed by atoms with E-state index >= 15 is 0 Å². The smallest absolute Gasteiger partial charge is 0.262 e. The maximum Gasteiger partial charge on any atom is 0.262 e. The molecule has 2 N–H and O–H groups in total. The molecule has 0 heterocycles. The summed E-state index contributed by atoms with van der Waals surface area (Å²) in [5, 5.41) is 5.22. The van der Waals surface area contributed by atoms with Crippen molar-refractivity contribution < 1.29 is 19.1 Å². The van der Waals surface area contributed by atoms with Gasteiger partial charge in [0.2, 0.25) is 0 Å².